The highest BCUT2D eigenvalue weighted by Gasteiger charge is 2.11. The Hall–Kier alpha value is -0.840. The van der Waals surface area contributed by atoms with Crippen LogP contribution in [0.1, 0.15) is 20.8 Å². The first-order valence-corrected chi connectivity index (χ1v) is 4.66. The van der Waals surface area contributed by atoms with Crippen molar-refractivity contribution in [2.45, 2.75) is 32.9 Å². The van der Waals surface area contributed by atoms with Gasteiger partial charge in [0.15, 0.2) is 5.11 Å². The first-order valence-electron chi connectivity index (χ1n) is 4.26. The Kier molecular flexibility index (Phi) is 5.37. The Labute approximate surface area is 84.5 Å². The molecule has 4 nitrogen and oxygen atoms in total. The zero-order chi connectivity index (χ0) is 10.4. The van der Waals surface area contributed by atoms with Gasteiger partial charge >= 0.3 is 0 Å². The highest BCUT2D eigenvalue weighted by Crippen LogP contribution is 1.83. The Morgan fingerprint density at radius 2 is 1.77 bits per heavy atom. The molecule has 1 atom stereocenters. The largest absolute Gasteiger partial charge is 0.361 e. The van der Waals surface area contributed by atoms with Gasteiger partial charge < -0.3 is 16.0 Å². The van der Waals surface area contributed by atoms with Gasteiger partial charge in [0.25, 0.3) is 0 Å². The molecule has 76 valence electrons. The van der Waals surface area contributed by atoms with Gasteiger partial charge in [-0.25, -0.2) is 0 Å². The zero-order valence-electron chi connectivity index (χ0n) is 8.47. The normalized spacial score (nSPS) is 12.1. The van der Waals surface area contributed by atoms with E-state index >= 15 is 0 Å². The van der Waals surface area contributed by atoms with Crippen molar-refractivity contribution in [2.24, 2.45) is 0 Å². The summed E-state index contributed by atoms with van der Waals surface area (Å²) in [7, 11) is 1.60. The van der Waals surface area contributed by atoms with E-state index < -0.39 is 0 Å². The molecule has 3 N–H and O–H groups in total. The van der Waals surface area contributed by atoms with E-state index in [1.165, 1.54) is 0 Å². The molecular weight excluding hydrogens is 186 g/mol. The number of carbonyl (C=O) groups excluding carboxylic acids is 1. The molecule has 0 saturated carbocycles. The van der Waals surface area contributed by atoms with Gasteiger partial charge in [0.1, 0.15) is 6.04 Å². The van der Waals surface area contributed by atoms with Crippen LogP contribution in [0.4, 0.5) is 0 Å². The Balaban J connectivity index is 3.85. The van der Waals surface area contributed by atoms with E-state index in [4.69, 9.17) is 12.2 Å². The molecule has 0 spiro atoms. The van der Waals surface area contributed by atoms with Gasteiger partial charge in [0.05, 0.1) is 0 Å². The highest BCUT2D eigenvalue weighted by atomic mass is 32.1. The van der Waals surface area contributed by atoms with Gasteiger partial charge in [0, 0.05) is 13.1 Å². The molecule has 0 aromatic rings. The molecule has 0 rings (SSSR count). The fourth-order valence-electron chi connectivity index (χ4n) is 0.783. The van der Waals surface area contributed by atoms with E-state index in [2.05, 4.69) is 16.0 Å². The lowest BCUT2D eigenvalue weighted by Crippen LogP contribution is -2.48. The maximum atomic E-state index is 11.1. The van der Waals surface area contributed by atoms with Crippen LogP contribution in [0.5, 0.6) is 0 Å². The summed E-state index contributed by atoms with van der Waals surface area (Å²) in [6.07, 6.45) is 0. The minimum atomic E-state index is -0.302. The fraction of sp³-hybridized carbons (Fsp3) is 0.750. The van der Waals surface area contributed by atoms with Crippen molar-refractivity contribution in [3.63, 3.8) is 0 Å². The number of nitrogens with one attached hydrogen (secondary N) is 3. The molecule has 0 heterocycles. The van der Waals surface area contributed by atoms with Crippen LogP contribution in [-0.4, -0.2) is 30.2 Å². The molecule has 0 unspecified atom stereocenters. The lowest BCUT2D eigenvalue weighted by Gasteiger charge is -2.17. The lowest BCUT2D eigenvalue weighted by atomic mass is 10.3. The molecule has 0 aliphatic carbocycles. The summed E-state index contributed by atoms with van der Waals surface area (Å²) in [4.78, 5) is 11.1. The van der Waals surface area contributed by atoms with E-state index in [1.807, 2.05) is 13.8 Å². The minimum Gasteiger partial charge on any atom is -0.361 e. The second-order valence-corrected chi connectivity index (χ2v) is 3.52. The predicted molar refractivity (Wildman–Crippen MR) is 57.5 cm³/mol. The summed E-state index contributed by atoms with van der Waals surface area (Å²) in [5.41, 5.74) is 0. The summed E-state index contributed by atoms with van der Waals surface area (Å²) in [5.74, 6) is -0.0760. The molecule has 0 aromatic carbocycles. The van der Waals surface area contributed by atoms with Gasteiger partial charge in [-0.3, -0.25) is 4.79 Å². The Bertz CT molecular complexity index is 194. The van der Waals surface area contributed by atoms with E-state index in [0.717, 1.165) is 0 Å². The molecule has 0 saturated heterocycles. The SMILES string of the molecule is CNC(=O)[C@H](C)NC(=S)NC(C)C. The van der Waals surface area contributed by atoms with Gasteiger partial charge in [0.2, 0.25) is 5.91 Å². The molecule has 0 bridgehead atoms. The topological polar surface area (TPSA) is 53.2 Å². The molecule has 5 heteroatoms. The first kappa shape index (κ1) is 12.2. The van der Waals surface area contributed by atoms with Crippen molar-refractivity contribution < 1.29 is 4.79 Å². The monoisotopic (exact) mass is 203 g/mol. The zero-order valence-corrected chi connectivity index (χ0v) is 9.29. The minimum absolute atomic E-state index is 0.0760. The van der Waals surface area contributed by atoms with E-state index in [0.29, 0.717) is 5.11 Å². The van der Waals surface area contributed by atoms with Gasteiger partial charge in [-0.05, 0) is 33.0 Å². The molecule has 0 aliphatic heterocycles. The number of thiocarbonyl (C=S) groups is 1. The van der Waals surface area contributed by atoms with Crippen molar-refractivity contribution in [3.05, 3.63) is 0 Å². The third-order valence-corrected chi connectivity index (χ3v) is 1.64. The Morgan fingerprint density at radius 1 is 1.23 bits per heavy atom. The van der Waals surface area contributed by atoms with Crippen LogP contribution in [0.15, 0.2) is 0 Å². The summed E-state index contributed by atoms with van der Waals surface area (Å²) in [5, 5.41) is 8.90. The molecule has 0 radical (unpaired) electrons. The quantitative estimate of drug-likeness (QED) is 0.565. The van der Waals surface area contributed by atoms with Crippen LogP contribution in [0.2, 0.25) is 0 Å². The molecule has 0 aromatic heterocycles. The third-order valence-electron chi connectivity index (χ3n) is 1.41. The van der Waals surface area contributed by atoms with Crippen molar-refractivity contribution >= 4 is 23.2 Å². The van der Waals surface area contributed by atoms with Crippen molar-refractivity contribution in [3.8, 4) is 0 Å². The van der Waals surface area contributed by atoms with Crippen molar-refractivity contribution in [2.75, 3.05) is 7.05 Å². The number of amides is 1. The molecular formula is C8H17N3OS. The second kappa shape index (κ2) is 5.75. The Morgan fingerprint density at radius 3 is 2.15 bits per heavy atom. The van der Waals surface area contributed by atoms with Crippen LogP contribution in [0.25, 0.3) is 0 Å². The average Bonchev–Trinajstić information content (AvgIpc) is 2.01. The highest BCUT2D eigenvalue weighted by molar-refractivity contribution is 7.80. The molecule has 0 fully saturated rings. The molecule has 1 amide bonds. The molecule has 13 heavy (non-hydrogen) atoms. The van der Waals surface area contributed by atoms with Crippen LogP contribution in [0.3, 0.4) is 0 Å². The van der Waals surface area contributed by atoms with Crippen LogP contribution in [-0.2, 0) is 4.79 Å². The van der Waals surface area contributed by atoms with Crippen LogP contribution in [0, 0.1) is 0 Å². The van der Waals surface area contributed by atoms with Crippen LogP contribution >= 0.6 is 12.2 Å². The van der Waals surface area contributed by atoms with E-state index in [9.17, 15) is 4.79 Å². The predicted octanol–water partition coefficient (Wildman–Crippen LogP) is -0.00660. The molecule has 0 aliphatic rings. The van der Waals surface area contributed by atoms with E-state index in [1.54, 1.807) is 14.0 Å². The number of hydrogen-bond donors (Lipinski definition) is 3. The van der Waals surface area contributed by atoms with Gasteiger partial charge in [-0.2, -0.15) is 0 Å². The number of hydrogen-bond acceptors (Lipinski definition) is 2. The average molecular weight is 203 g/mol. The standard InChI is InChI=1S/C8H17N3OS/c1-5(2)10-8(13)11-6(3)7(12)9-4/h5-6H,1-4H3,(H,9,12)(H2,10,11,13)/t6-/m0/s1. The number of carbonyl (C=O) groups is 1. The number of likely N-dealkylation sites (N-methyl/N-ethyl adjacent to an activating group) is 1. The van der Waals surface area contributed by atoms with Gasteiger partial charge in [-0.15, -0.1) is 0 Å². The number of rotatable bonds is 3. The maximum absolute atomic E-state index is 11.1. The van der Waals surface area contributed by atoms with Crippen molar-refractivity contribution in [1.29, 1.82) is 0 Å². The lowest BCUT2D eigenvalue weighted by molar-refractivity contribution is -0.121. The summed E-state index contributed by atoms with van der Waals surface area (Å²) >= 11 is 4.97. The van der Waals surface area contributed by atoms with Crippen LogP contribution < -0.4 is 16.0 Å². The van der Waals surface area contributed by atoms with Gasteiger partial charge in [-0.1, -0.05) is 0 Å². The summed E-state index contributed by atoms with van der Waals surface area (Å²) < 4.78 is 0. The summed E-state index contributed by atoms with van der Waals surface area (Å²) in [6.45, 7) is 5.73. The second-order valence-electron chi connectivity index (χ2n) is 3.11. The van der Waals surface area contributed by atoms with Crippen molar-refractivity contribution in [1.82, 2.24) is 16.0 Å². The fourth-order valence-corrected chi connectivity index (χ4v) is 1.20. The smallest absolute Gasteiger partial charge is 0.242 e. The maximum Gasteiger partial charge on any atom is 0.242 e. The van der Waals surface area contributed by atoms with E-state index in [-0.39, 0.29) is 18.0 Å². The summed E-state index contributed by atoms with van der Waals surface area (Å²) in [6, 6.07) is -0.0272. The third kappa shape index (κ3) is 5.41. The first-order chi connectivity index (χ1) is 5.97.